The average molecular weight is 390 g/mol. The van der Waals surface area contributed by atoms with Crippen molar-refractivity contribution in [2.75, 3.05) is 7.11 Å². The van der Waals surface area contributed by atoms with Crippen LogP contribution in [0.3, 0.4) is 0 Å². The number of benzene rings is 1. The summed E-state index contributed by atoms with van der Waals surface area (Å²) in [6, 6.07) is 7.73. The molecule has 0 saturated carbocycles. The predicted octanol–water partition coefficient (Wildman–Crippen LogP) is 2.51. The lowest BCUT2D eigenvalue weighted by Gasteiger charge is -2.09. The molecule has 0 amide bonds. The van der Waals surface area contributed by atoms with E-state index in [1.807, 2.05) is 46.0 Å². The van der Waals surface area contributed by atoms with Gasteiger partial charge in [-0.3, -0.25) is 0 Å². The molecule has 3 aromatic heterocycles. The molecular formula is C20H22N8O. The summed E-state index contributed by atoms with van der Waals surface area (Å²) in [5.74, 6) is 2.76. The second kappa shape index (κ2) is 7.50. The minimum atomic E-state index is 0.543. The van der Waals surface area contributed by atoms with Gasteiger partial charge in [-0.1, -0.05) is 11.6 Å². The van der Waals surface area contributed by atoms with E-state index in [1.54, 1.807) is 13.3 Å². The zero-order valence-electron chi connectivity index (χ0n) is 16.3. The summed E-state index contributed by atoms with van der Waals surface area (Å²) in [6.45, 7) is 1.51. The van der Waals surface area contributed by atoms with Crippen LogP contribution in [-0.2, 0) is 19.5 Å². The van der Waals surface area contributed by atoms with Gasteiger partial charge in [0.1, 0.15) is 23.8 Å². The molecule has 0 spiro atoms. The molecule has 1 aromatic carbocycles. The second-order valence-corrected chi connectivity index (χ2v) is 7.13. The number of aryl methyl sites for hydroxylation is 1. The highest BCUT2D eigenvalue weighted by atomic mass is 16.5. The number of aromatic nitrogens is 8. The van der Waals surface area contributed by atoms with Crippen molar-refractivity contribution < 1.29 is 4.74 Å². The molecule has 0 bridgehead atoms. The molecule has 0 unspecified atom stereocenters. The number of methoxy groups -OCH3 is 1. The monoisotopic (exact) mass is 390 g/mol. The van der Waals surface area contributed by atoms with Crippen molar-refractivity contribution in [3.05, 3.63) is 54.5 Å². The Morgan fingerprint density at radius 2 is 2.07 bits per heavy atom. The molecule has 0 fully saturated rings. The first kappa shape index (κ1) is 17.6. The highest BCUT2D eigenvalue weighted by Gasteiger charge is 2.17. The normalized spacial score (nSPS) is 13.8. The maximum Gasteiger partial charge on any atom is 0.154 e. The first-order chi connectivity index (χ1) is 14.3. The molecule has 4 heterocycles. The first-order valence-electron chi connectivity index (χ1n) is 9.81. The Morgan fingerprint density at radius 1 is 1.10 bits per heavy atom. The fourth-order valence-corrected chi connectivity index (χ4v) is 3.76. The SMILES string of the molecule is COc1ccc(-n2cccn2)c(-c2cn(Cc3nnc4n3CCCCC4)nn2)c1. The topological polar surface area (TPSA) is 88.5 Å². The van der Waals surface area contributed by atoms with Crippen LogP contribution in [0.1, 0.15) is 30.9 Å². The summed E-state index contributed by atoms with van der Waals surface area (Å²) in [7, 11) is 1.65. The molecule has 0 saturated heterocycles. The van der Waals surface area contributed by atoms with Gasteiger partial charge in [0.15, 0.2) is 5.82 Å². The lowest BCUT2D eigenvalue weighted by Crippen LogP contribution is -2.10. The minimum Gasteiger partial charge on any atom is -0.497 e. The van der Waals surface area contributed by atoms with Gasteiger partial charge in [-0.25, -0.2) is 9.36 Å². The summed E-state index contributed by atoms with van der Waals surface area (Å²) in [4.78, 5) is 0. The highest BCUT2D eigenvalue weighted by molar-refractivity contribution is 5.71. The van der Waals surface area contributed by atoms with Gasteiger partial charge in [-0.05, 0) is 37.1 Å². The Balaban J connectivity index is 1.47. The van der Waals surface area contributed by atoms with E-state index >= 15 is 0 Å². The van der Waals surface area contributed by atoms with Crippen LogP contribution in [0.4, 0.5) is 0 Å². The van der Waals surface area contributed by atoms with E-state index in [4.69, 9.17) is 4.74 Å². The van der Waals surface area contributed by atoms with Crippen molar-refractivity contribution in [3.63, 3.8) is 0 Å². The molecule has 9 nitrogen and oxygen atoms in total. The predicted molar refractivity (Wildman–Crippen MR) is 106 cm³/mol. The van der Waals surface area contributed by atoms with Gasteiger partial charge in [0.2, 0.25) is 0 Å². The van der Waals surface area contributed by atoms with Crippen molar-refractivity contribution in [2.24, 2.45) is 0 Å². The van der Waals surface area contributed by atoms with Crippen LogP contribution in [0.25, 0.3) is 16.9 Å². The molecular weight excluding hydrogens is 368 g/mol. The molecule has 0 radical (unpaired) electrons. The van der Waals surface area contributed by atoms with E-state index in [2.05, 4.69) is 30.2 Å². The molecule has 5 rings (SSSR count). The van der Waals surface area contributed by atoms with Crippen LogP contribution in [0, 0.1) is 0 Å². The summed E-state index contributed by atoms with van der Waals surface area (Å²) in [5, 5.41) is 21.9. The lowest BCUT2D eigenvalue weighted by atomic mass is 10.1. The number of rotatable bonds is 5. The Labute approximate surface area is 167 Å². The molecule has 1 aliphatic rings. The summed E-state index contributed by atoms with van der Waals surface area (Å²) in [6.07, 6.45) is 10.2. The maximum absolute atomic E-state index is 5.41. The number of ether oxygens (including phenoxy) is 1. The zero-order valence-corrected chi connectivity index (χ0v) is 16.3. The van der Waals surface area contributed by atoms with Gasteiger partial charge < -0.3 is 9.30 Å². The van der Waals surface area contributed by atoms with Crippen LogP contribution >= 0.6 is 0 Å². The van der Waals surface area contributed by atoms with E-state index in [0.29, 0.717) is 6.54 Å². The molecule has 0 N–H and O–H groups in total. The third-order valence-corrected chi connectivity index (χ3v) is 5.26. The largest absolute Gasteiger partial charge is 0.497 e. The summed E-state index contributed by atoms with van der Waals surface area (Å²) in [5.41, 5.74) is 2.57. The van der Waals surface area contributed by atoms with Crippen molar-refractivity contribution in [3.8, 4) is 22.7 Å². The summed E-state index contributed by atoms with van der Waals surface area (Å²) < 4.78 is 11.3. The number of hydrogen-bond donors (Lipinski definition) is 0. The Kier molecular flexibility index (Phi) is 4.55. The van der Waals surface area contributed by atoms with Crippen molar-refractivity contribution in [1.29, 1.82) is 0 Å². The third kappa shape index (κ3) is 3.39. The van der Waals surface area contributed by atoms with Crippen LogP contribution in [0.2, 0.25) is 0 Å². The molecule has 0 aliphatic carbocycles. The van der Waals surface area contributed by atoms with Crippen molar-refractivity contribution in [1.82, 2.24) is 39.5 Å². The summed E-state index contributed by atoms with van der Waals surface area (Å²) >= 11 is 0. The van der Waals surface area contributed by atoms with Gasteiger partial charge in [-0.2, -0.15) is 5.10 Å². The smallest absolute Gasteiger partial charge is 0.154 e. The van der Waals surface area contributed by atoms with E-state index in [1.165, 1.54) is 12.8 Å². The number of hydrogen-bond acceptors (Lipinski definition) is 6. The first-order valence-corrected chi connectivity index (χ1v) is 9.81. The van der Waals surface area contributed by atoms with Crippen LogP contribution in [-0.4, -0.2) is 46.6 Å². The quantitative estimate of drug-likeness (QED) is 0.520. The van der Waals surface area contributed by atoms with E-state index in [9.17, 15) is 0 Å². The average Bonchev–Trinajstić information content (AvgIpc) is 3.48. The standard InChI is InChI=1S/C20H22N8O/c1-29-15-7-8-18(28-11-5-9-21-28)16(12-15)17-13-26(25-22-17)14-20-24-23-19-6-3-2-4-10-27(19)20/h5,7-9,11-13H,2-4,6,10,14H2,1H3. The highest BCUT2D eigenvalue weighted by Crippen LogP contribution is 2.29. The fraction of sp³-hybridized carbons (Fsp3) is 0.350. The molecule has 1 aliphatic heterocycles. The van der Waals surface area contributed by atoms with Gasteiger partial charge >= 0.3 is 0 Å². The van der Waals surface area contributed by atoms with Crippen LogP contribution in [0.5, 0.6) is 5.75 Å². The molecule has 9 heteroatoms. The van der Waals surface area contributed by atoms with Crippen LogP contribution in [0.15, 0.2) is 42.9 Å². The second-order valence-electron chi connectivity index (χ2n) is 7.13. The Morgan fingerprint density at radius 3 is 2.93 bits per heavy atom. The lowest BCUT2D eigenvalue weighted by molar-refractivity contribution is 0.415. The molecule has 4 aromatic rings. The van der Waals surface area contributed by atoms with Crippen molar-refractivity contribution in [2.45, 2.75) is 38.8 Å². The Bertz CT molecular complexity index is 1110. The van der Waals surface area contributed by atoms with Gasteiger partial charge in [0.05, 0.1) is 19.0 Å². The van der Waals surface area contributed by atoms with Crippen LogP contribution < -0.4 is 4.74 Å². The van der Waals surface area contributed by atoms with E-state index in [0.717, 1.165) is 53.7 Å². The van der Waals surface area contributed by atoms with E-state index < -0.39 is 0 Å². The fourth-order valence-electron chi connectivity index (χ4n) is 3.76. The Hall–Kier alpha value is -3.49. The molecule has 0 atom stereocenters. The van der Waals surface area contributed by atoms with Gasteiger partial charge in [0.25, 0.3) is 0 Å². The van der Waals surface area contributed by atoms with Gasteiger partial charge in [0, 0.05) is 30.9 Å². The number of fused-ring (bicyclic) bond motifs is 1. The molecule has 29 heavy (non-hydrogen) atoms. The van der Waals surface area contributed by atoms with Gasteiger partial charge in [-0.15, -0.1) is 15.3 Å². The third-order valence-electron chi connectivity index (χ3n) is 5.26. The van der Waals surface area contributed by atoms with Crippen molar-refractivity contribution >= 4 is 0 Å². The van der Waals surface area contributed by atoms with E-state index in [-0.39, 0.29) is 0 Å². The maximum atomic E-state index is 5.41. The number of nitrogens with zero attached hydrogens (tertiary/aromatic N) is 8. The minimum absolute atomic E-state index is 0.543. The zero-order chi connectivity index (χ0) is 19.6. The molecule has 148 valence electrons.